The van der Waals surface area contributed by atoms with Crippen LogP contribution in [0.3, 0.4) is 0 Å². The second-order valence-corrected chi connectivity index (χ2v) is 4.17. The van der Waals surface area contributed by atoms with E-state index in [-0.39, 0.29) is 0 Å². The molecular formula is C15H18N2. The minimum atomic E-state index is 0.854. The van der Waals surface area contributed by atoms with Crippen molar-refractivity contribution in [1.29, 1.82) is 0 Å². The molecular weight excluding hydrogens is 208 g/mol. The second kappa shape index (κ2) is 5.39. The fourth-order valence-corrected chi connectivity index (χ4v) is 1.66. The Morgan fingerprint density at radius 2 is 1.41 bits per heavy atom. The summed E-state index contributed by atoms with van der Waals surface area (Å²) >= 11 is 0. The van der Waals surface area contributed by atoms with Gasteiger partial charge in [0.1, 0.15) is 0 Å². The number of benzene rings is 2. The molecule has 2 heteroatoms. The summed E-state index contributed by atoms with van der Waals surface area (Å²) < 4.78 is 0. The Hall–Kier alpha value is -1.96. The van der Waals surface area contributed by atoms with E-state index in [9.17, 15) is 0 Å². The van der Waals surface area contributed by atoms with Crippen molar-refractivity contribution in [2.45, 2.75) is 13.5 Å². The Labute approximate surface area is 103 Å². The first-order valence-corrected chi connectivity index (χ1v) is 5.85. The van der Waals surface area contributed by atoms with Crippen LogP contribution in [0.1, 0.15) is 11.1 Å². The van der Waals surface area contributed by atoms with Gasteiger partial charge in [0.15, 0.2) is 0 Å². The van der Waals surface area contributed by atoms with Gasteiger partial charge in [0.05, 0.1) is 0 Å². The van der Waals surface area contributed by atoms with Gasteiger partial charge >= 0.3 is 0 Å². The molecule has 2 rings (SSSR count). The van der Waals surface area contributed by atoms with Gasteiger partial charge in [-0.2, -0.15) is 0 Å². The SMILES string of the molecule is CNc1ccc(CNc2ccc(C)cc2)cc1. The first-order chi connectivity index (χ1) is 8.28. The van der Waals surface area contributed by atoms with E-state index in [1.807, 2.05) is 7.05 Å². The van der Waals surface area contributed by atoms with Crippen LogP contribution in [0.15, 0.2) is 48.5 Å². The van der Waals surface area contributed by atoms with Gasteiger partial charge in [0.25, 0.3) is 0 Å². The first kappa shape index (κ1) is 11.5. The lowest BCUT2D eigenvalue weighted by Gasteiger charge is -2.07. The second-order valence-electron chi connectivity index (χ2n) is 4.17. The Morgan fingerprint density at radius 3 is 2.00 bits per heavy atom. The minimum absolute atomic E-state index is 0.854. The summed E-state index contributed by atoms with van der Waals surface area (Å²) in [7, 11) is 1.93. The Kier molecular flexibility index (Phi) is 3.66. The van der Waals surface area contributed by atoms with Crippen molar-refractivity contribution in [2.75, 3.05) is 17.7 Å². The fourth-order valence-electron chi connectivity index (χ4n) is 1.66. The molecule has 0 unspecified atom stereocenters. The van der Waals surface area contributed by atoms with Crippen LogP contribution in [0.2, 0.25) is 0 Å². The van der Waals surface area contributed by atoms with Crippen molar-refractivity contribution in [3.8, 4) is 0 Å². The summed E-state index contributed by atoms with van der Waals surface area (Å²) in [5, 5.41) is 6.52. The smallest absolute Gasteiger partial charge is 0.0400 e. The summed E-state index contributed by atoms with van der Waals surface area (Å²) in [6, 6.07) is 16.9. The van der Waals surface area contributed by atoms with E-state index < -0.39 is 0 Å². The molecule has 17 heavy (non-hydrogen) atoms. The highest BCUT2D eigenvalue weighted by Crippen LogP contribution is 2.12. The molecule has 0 aromatic heterocycles. The average molecular weight is 226 g/mol. The van der Waals surface area contributed by atoms with Crippen molar-refractivity contribution in [3.05, 3.63) is 59.7 Å². The maximum absolute atomic E-state index is 3.41. The third-order valence-corrected chi connectivity index (χ3v) is 2.79. The van der Waals surface area contributed by atoms with Crippen LogP contribution in [-0.2, 0) is 6.54 Å². The standard InChI is InChI=1S/C15H18N2/c1-12-3-7-15(8-4-12)17-11-13-5-9-14(16-2)10-6-13/h3-10,16-17H,11H2,1-2H3. The van der Waals surface area contributed by atoms with Gasteiger partial charge in [-0.15, -0.1) is 0 Å². The summed E-state index contributed by atoms with van der Waals surface area (Å²) in [5.41, 5.74) is 4.87. The van der Waals surface area contributed by atoms with Gasteiger partial charge in [-0.25, -0.2) is 0 Å². The van der Waals surface area contributed by atoms with Crippen LogP contribution in [0, 0.1) is 6.92 Å². The van der Waals surface area contributed by atoms with E-state index in [1.54, 1.807) is 0 Å². The van der Waals surface area contributed by atoms with Gasteiger partial charge in [0.2, 0.25) is 0 Å². The monoisotopic (exact) mass is 226 g/mol. The van der Waals surface area contributed by atoms with Crippen LogP contribution in [0.25, 0.3) is 0 Å². The van der Waals surface area contributed by atoms with Crippen LogP contribution in [-0.4, -0.2) is 7.05 Å². The van der Waals surface area contributed by atoms with E-state index in [4.69, 9.17) is 0 Å². The van der Waals surface area contributed by atoms with Gasteiger partial charge in [-0.05, 0) is 36.8 Å². The summed E-state index contributed by atoms with van der Waals surface area (Å²) in [4.78, 5) is 0. The lowest BCUT2D eigenvalue weighted by Crippen LogP contribution is -1.99. The molecule has 0 atom stereocenters. The van der Waals surface area contributed by atoms with E-state index in [0.717, 1.165) is 17.9 Å². The molecule has 88 valence electrons. The molecule has 0 spiro atoms. The number of rotatable bonds is 4. The van der Waals surface area contributed by atoms with Gasteiger partial charge in [-0.1, -0.05) is 29.8 Å². The van der Waals surface area contributed by atoms with Crippen molar-refractivity contribution >= 4 is 11.4 Å². The van der Waals surface area contributed by atoms with Crippen LogP contribution < -0.4 is 10.6 Å². The van der Waals surface area contributed by atoms with Gasteiger partial charge in [-0.3, -0.25) is 0 Å². The van der Waals surface area contributed by atoms with E-state index in [0.29, 0.717) is 0 Å². The largest absolute Gasteiger partial charge is 0.388 e. The molecule has 0 saturated carbocycles. The summed E-state index contributed by atoms with van der Waals surface area (Å²) in [6.07, 6.45) is 0. The molecule has 0 bridgehead atoms. The zero-order valence-corrected chi connectivity index (χ0v) is 10.3. The van der Waals surface area contributed by atoms with Crippen molar-refractivity contribution in [3.63, 3.8) is 0 Å². The first-order valence-electron chi connectivity index (χ1n) is 5.85. The normalized spacial score (nSPS) is 10.0. The number of hydrogen-bond acceptors (Lipinski definition) is 2. The van der Waals surface area contributed by atoms with Crippen LogP contribution in [0.5, 0.6) is 0 Å². The quantitative estimate of drug-likeness (QED) is 0.831. The third kappa shape index (κ3) is 3.25. The zero-order chi connectivity index (χ0) is 12.1. The zero-order valence-electron chi connectivity index (χ0n) is 10.3. The van der Waals surface area contributed by atoms with Gasteiger partial charge in [0, 0.05) is 25.0 Å². The predicted octanol–water partition coefficient (Wildman–Crippen LogP) is 3.65. The maximum Gasteiger partial charge on any atom is 0.0400 e. The predicted molar refractivity (Wildman–Crippen MR) is 74.5 cm³/mol. The molecule has 0 amide bonds. The highest BCUT2D eigenvalue weighted by Gasteiger charge is 1.94. The summed E-state index contributed by atoms with van der Waals surface area (Å²) in [5.74, 6) is 0. The number of aryl methyl sites for hydroxylation is 1. The molecule has 0 aliphatic carbocycles. The third-order valence-electron chi connectivity index (χ3n) is 2.79. The van der Waals surface area contributed by atoms with E-state index in [1.165, 1.54) is 11.1 Å². The lowest BCUT2D eigenvalue weighted by atomic mass is 10.2. The molecule has 0 radical (unpaired) electrons. The topological polar surface area (TPSA) is 24.1 Å². The molecule has 2 aromatic rings. The molecule has 2 N–H and O–H groups in total. The number of nitrogens with one attached hydrogen (secondary N) is 2. The van der Waals surface area contributed by atoms with Crippen molar-refractivity contribution in [1.82, 2.24) is 0 Å². The summed E-state index contributed by atoms with van der Waals surface area (Å²) in [6.45, 7) is 2.95. The number of anilines is 2. The van der Waals surface area contributed by atoms with Crippen molar-refractivity contribution in [2.24, 2.45) is 0 Å². The van der Waals surface area contributed by atoms with Crippen molar-refractivity contribution < 1.29 is 0 Å². The molecule has 0 heterocycles. The van der Waals surface area contributed by atoms with E-state index in [2.05, 4.69) is 66.1 Å². The Bertz CT molecular complexity index is 457. The molecule has 2 aromatic carbocycles. The van der Waals surface area contributed by atoms with Gasteiger partial charge < -0.3 is 10.6 Å². The number of hydrogen-bond donors (Lipinski definition) is 2. The molecule has 0 fully saturated rings. The van der Waals surface area contributed by atoms with Crippen LogP contribution in [0.4, 0.5) is 11.4 Å². The highest BCUT2D eigenvalue weighted by molar-refractivity contribution is 5.47. The molecule has 0 saturated heterocycles. The lowest BCUT2D eigenvalue weighted by molar-refractivity contribution is 1.15. The molecule has 0 aliphatic rings. The Morgan fingerprint density at radius 1 is 0.824 bits per heavy atom. The van der Waals surface area contributed by atoms with Crippen LogP contribution >= 0.6 is 0 Å². The minimum Gasteiger partial charge on any atom is -0.388 e. The maximum atomic E-state index is 3.41. The Balaban J connectivity index is 1.95. The highest BCUT2D eigenvalue weighted by atomic mass is 14.9. The molecule has 0 aliphatic heterocycles. The molecule has 2 nitrogen and oxygen atoms in total. The fraction of sp³-hybridized carbons (Fsp3) is 0.200. The van der Waals surface area contributed by atoms with E-state index >= 15 is 0 Å². The average Bonchev–Trinajstić information content (AvgIpc) is 2.39.